The van der Waals surface area contributed by atoms with Crippen LogP contribution in [-0.2, 0) is 6.42 Å². The average molecular weight is 336 g/mol. The fourth-order valence-corrected chi connectivity index (χ4v) is 2.12. The lowest BCUT2D eigenvalue weighted by Crippen LogP contribution is -1.99. The second-order valence-electron chi connectivity index (χ2n) is 3.76. The van der Waals surface area contributed by atoms with Crippen molar-refractivity contribution < 1.29 is 4.74 Å². The van der Waals surface area contributed by atoms with E-state index >= 15 is 0 Å². The Balaban J connectivity index is 2.66. The molecule has 0 aliphatic heterocycles. The lowest BCUT2D eigenvalue weighted by atomic mass is 10.0. The van der Waals surface area contributed by atoms with Crippen LogP contribution in [0, 0.1) is 5.92 Å². The van der Waals surface area contributed by atoms with E-state index in [-0.39, 0.29) is 0 Å². The number of hydrogen-bond acceptors (Lipinski definition) is 1. The molecule has 1 aromatic carbocycles. The number of alkyl halides is 1. The third-order valence-corrected chi connectivity index (χ3v) is 4.30. The molecule has 0 bridgehead atoms. The van der Waals surface area contributed by atoms with Crippen molar-refractivity contribution in [2.24, 2.45) is 5.92 Å². The van der Waals surface area contributed by atoms with Gasteiger partial charge in [-0.15, -0.1) is 0 Å². The first kappa shape index (κ1) is 13.0. The van der Waals surface area contributed by atoms with Crippen molar-refractivity contribution in [1.82, 2.24) is 0 Å². The summed E-state index contributed by atoms with van der Waals surface area (Å²) in [5, 5.41) is 1.06. The van der Waals surface area contributed by atoms with Crippen LogP contribution >= 0.6 is 31.9 Å². The van der Waals surface area contributed by atoms with Gasteiger partial charge in [0.15, 0.2) is 0 Å². The van der Waals surface area contributed by atoms with Gasteiger partial charge in [0.25, 0.3) is 0 Å². The van der Waals surface area contributed by atoms with Crippen LogP contribution in [0.2, 0.25) is 0 Å². The summed E-state index contributed by atoms with van der Waals surface area (Å²) in [6.07, 6.45) is 2.28. The quantitative estimate of drug-likeness (QED) is 0.724. The zero-order valence-electron chi connectivity index (χ0n) is 9.09. The molecule has 1 unspecified atom stereocenters. The predicted octanol–water partition coefficient (Wildman–Crippen LogP) is 4.42. The number of hydrogen-bond donors (Lipinski definition) is 0. The Kier molecular flexibility index (Phi) is 5.69. The van der Waals surface area contributed by atoms with Gasteiger partial charge in [-0.25, -0.2) is 0 Å². The third kappa shape index (κ3) is 4.15. The maximum Gasteiger partial charge on any atom is 0.119 e. The molecule has 1 atom stereocenters. The van der Waals surface area contributed by atoms with Crippen molar-refractivity contribution in [1.29, 1.82) is 0 Å². The highest BCUT2D eigenvalue weighted by Crippen LogP contribution is 2.24. The lowest BCUT2D eigenvalue weighted by molar-refractivity contribution is 0.414. The molecular formula is C12H16Br2O. The van der Waals surface area contributed by atoms with E-state index in [1.54, 1.807) is 7.11 Å². The molecule has 0 amide bonds. The van der Waals surface area contributed by atoms with Crippen LogP contribution in [-0.4, -0.2) is 12.4 Å². The summed E-state index contributed by atoms with van der Waals surface area (Å²) < 4.78 is 6.38. The number of methoxy groups -OCH3 is 1. The molecule has 0 saturated carbocycles. The van der Waals surface area contributed by atoms with Gasteiger partial charge in [0.2, 0.25) is 0 Å². The van der Waals surface area contributed by atoms with Crippen LogP contribution in [0.5, 0.6) is 5.75 Å². The van der Waals surface area contributed by atoms with Gasteiger partial charge in [0.05, 0.1) is 7.11 Å². The van der Waals surface area contributed by atoms with Crippen LogP contribution < -0.4 is 4.74 Å². The van der Waals surface area contributed by atoms with Crippen molar-refractivity contribution >= 4 is 31.9 Å². The SMILES string of the molecule is COc1ccc(Br)c(CCC(C)CBr)c1. The van der Waals surface area contributed by atoms with E-state index < -0.39 is 0 Å². The first-order chi connectivity index (χ1) is 7.17. The van der Waals surface area contributed by atoms with Crippen LogP contribution in [0.3, 0.4) is 0 Å². The Morgan fingerprint density at radius 2 is 2.13 bits per heavy atom. The molecule has 0 fully saturated rings. The lowest BCUT2D eigenvalue weighted by Gasteiger charge is -2.10. The first-order valence-corrected chi connectivity index (χ1v) is 6.97. The minimum Gasteiger partial charge on any atom is -0.497 e. The number of ether oxygens (including phenoxy) is 1. The van der Waals surface area contributed by atoms with Crippen LogP contribution in [0.25, 0.3) is 0 Å². The standard InChI is InChI=1S/C12H16Br2O/c1-9(8-13)3-4-10-7-11(15-2)5-6-12(10)14/h5-7,9H,3-4,8H2,1-2H3. The van der Waals surface area contributed by atoms with Crippen molar-refractivity contribution in [3.63, 3.8) is 0 Å². The molecule has 0 aliphatic carbocycles. The molecule has 0 N–H and O–H groups in total. The number of rotatable bonds is 5. The van der Waals surface area contributed by atoms with Gasteiger partial charge in [-0.2, -0.15) is 0 Å². The van der Waals surface area contributed by atoms with E-state index in [1.807, 2.05) is 12.1 Å². The van der Waals surface area contributed by atoms with Gasteiger partial charge in [0, 0.05) is 9.80 Å². The molecule has 0 aliphatic rings. The molecular weight excluding hydrogens is 320 g/mol. The highest BCUT2D eigenvalue weighted by atomic mass is 79.9. The monoisotopic (exact) mass is 334 g/mol. The molecule has 0 radical (unpaired) electrons. The Morgan fingerprint density at radius 3 is 2.73 bits per heavy atom. The minimum absolute atomic E-state index is 0.711. The second kappa shape index (κ2) is 6.54. The summed E-state index contributed by atoms with van der Waals surface area (Å²) >= 11 is 7.06. The third-order valence-electron chi connectivity index (χ3n) is 2.42. The first-order valence-electron chi connectivity index (χ1n) is 5.05. The van der Waals surface area contributed by atoms with E-state index in [4.69, 9.17) is 4.74 Å². The summed E-state index contributed by atoms with van der Waals surface area (Å²) in [5.41, 5.74) is 1.32. The van der Waals surface area contributed by atoms with E-state index in [2.05, 4.69) is 44.8 Å². The van der Waals surface area contributed by atoms with Gasteiger partial charge in [0.1, 0.15) is 5.75 Å². The minimum atomic E-state index is 0.711. The summed E-state index contributed by atoms with van der Waals surface area (Å²) in [5.74, 6) is 1.64. The molecule has 0 heterocycles. The Labute approximate surface area is 108 Å². The molecule has 1 aromatic rings. The maximum atomic E-state index is 5.21. The number of aryl methyl sites for hydroxylation is 1. The van der Waals surface area contributed by atoms with Gasteiger partial charge in [-0.05, 0) is 42.5 Å². The molecule has 1 rings (SSSR count). The van der Waals surface area contributed by atoms with Crippen LogP contribution in [0.1, 0.15) is 18.9 Å². The zero-order chi connectivity index (χ0) is 11.3. The van der Waals surface area contributed by atoms with Gasteiger partial charge < -0.3 is 4.74 Å². The normalized spacial score (nSPS) is 12.5. The highest BCUT2D eigenvalue weighted by molar-refractivity contribution is 9.10. The van der Waals surface area contributed by atoms with Gasteiger partial charge in [-0.1, -0.05) is 38.8 Å². The smallest absolute Gasteiger partial charge is 0.119 e. The highest BCUT2D eigenvalue weighted by Gasteiger charge is 2.05. The van der Waals surface area contributed by atoms with E-state index in [0.717, 1.165) is 17.5 Å². The van der Waals surface area contributed by atoms with Gasteiger partial charge in [-0.3, -0.25) is 0 Å². The molecule has 0 saturated heterocycles. The maximum absolute atomic E-state index is 5.21. The van der Waals surface area contributed by atoms with Crippen molar-refractivity contribution in [2.45, 2.75) is 19.8 Å². The Bertz CT molecular complexity index is 312. The van der Waals surface area contributed by atoms with E-state index in [9.17, 15) is 0 Å². The summed E-state index contributed by atoms with van der Waals surface area (Å²) in [4.78, 5) is 0. The van der Waals surface area contributed by atoms with Crippen molar-refractivity contribution in [2.75, 3.05) is 12.4 Å². The molecule has 84 valence electrons. The fourth-order valence-electron chi connectivity index (χ4n) is 1.35. The number of benzene rings is 1. The summed E-state index contributed by atoms with van der Waals surface area (Å²) in [7, 11) is 1.70. The molecule has 0 aromatic heterocycles. The van der Waals surface area contributed by atoms with Gasteiger partial charge >= 0.3 is 0 Å². The largest absolute Gasteiger partial charge is 0.497 e. The van der Waals surface area contributed by atoms with Crippen LogP contribution in [0.4, 0.5) is 0 Å². The molecule has 3 heteroatoms. The number of halogens is 2. The average Bonchev–Trinajstić information content (AvgIpc) is 2.27. The second-order valence-corrected chi connectivity index (χ2v) is 5.26. The predicted molar refractivity (Wildman–Crippen MR) is 72.0 cm³/mol. The Morgan fingerprint density at radius 1 is 1.40 bits per heavy atom. The topological polar surface area (TPSA) is 9.23 Å². The Hall–Kier alpha value is -0.0200. The van der Waals surface area contributed by atoms with Crippen molar-refractivity contribution in [3.8, 4) is 5.75 Å². The molecule has 15 heavy (non-hydrogen) atoms. The molecule has 1 nitrogen and oxygen atoms in total. The summed E-state index contributed by atoms with van der Waals surface area (Å²) in [6, 6.07) is 6.12. The van der Waals surface area contributed by atoms with Crippen molar-refractivity contribution in [3.05, 3.63) is 28.2 Å². The van der Waals surface area contributed by atoms with E-state index in [1.165, 1.54) is 16.5 Å². The van der Waals surface area contributed by atoms with E-state index in [0.29, 0.717) is 5.92 Å². The fraction of sp³-hybridized carbons (Fsp3) is 0.500. The zero-order valence-corrected chi connectivity index (χ0v) is 12.3. The summed E-state index contributed by atoms with van der Waals surface area (Å²) in [6.45, 7) is 2.25. The van der Waals surface area contributed by atoms with Crippen LogP contribution in [0.15, 0.2) is 22.7 Å². The molecule has 0 spiro atoms.